The normalized spacial score (nSPS) is 16.1. The Morgan fingerprint density at radius 2 is 1.90 bits per heavy atom. The molecule has 9 nitrogen and oxygen atoms in total. The maximum absolute atomic E-state index is 13.5. The molecule has 0 fully saturated rings. The number of hydrogen-bond donors (Lipinski definition) is 0. The number of rotatable bonds is 6. The third-order valence-electron chi connectivity index (χ3n) is 5.49. The van der Waals surface area contributed by atoms with Crippen molar-refractivity contribution in [1.29, 1.82) is 0 Å². The molecule has 0 bridgehead atoms. The topological polar surface area (TPSA) is 86.7 Å². The quantitative estimate of drug-likeness (QED) is 0.578. The Labute approximate surface area is 173 Å². The van der Waals surface area contributed by atoms with Crippen LogP contribution >= 0.6 is 0 Å². The molecule has 0 aliphatic carbocycles. The average molecular weight is 410 g/mol. The Morgan fingerprint density at radius 3 is 2.60 bits per heavy atom. The number of ether oxygens (including phenoxy) is 1. The standard InChI is InChI=1S/C21H26N6O3/c1-5-30-12-11-26-20-22-18-17(27(20)15(3)14(2)23-26)19(28)25(21(29)24(18)4)13-16-9-7-6-8-10-16/h6-10,15H,5,11-13H2,1-4H3/t15-/m0/s1. The molecule has 0 spiro atoms. The highest BCUT2D eigenvalue weighted by atomic mass is 16.5. The van der Waals surface area contributed by atoms with Crippen molar-refractivity contribution in [2.75, 3.05) is 24.8 Å². The van der Waals surface area contributed by atoms with E-state index in [1.165, 1.54) is 9.13 Å². The highest BCUT2D eigenvalue weighted by molar-refractivity contribution is 5.91. The average Bonchev–Trinajstić information content (AvgIpc) is 3.15. The lowest BCUT2D eigenvalue weighted by Gasteiger charge is -2.29. The van der Waals surface area contributed by atoms with E-state index in [-0.39, 0.29) is 18.1 Å². The van der Waals surface area contributed by atoms with Crippen LogP contribution in [0.4, 0.5) is 5.95 Å². The second-order valence-corrected chi connectivity index (χ2v) is 7.41. The maximum Gasteiger partial charge on any atom is 0.332 e. The smallest absolute Gasteiger partial charge is 0.332 e. The molecule has 1 aliphatic heterocycles. The molecular weight excluding hydrogens is 384 g/mol. The van der Waals surface area contributed by atoms with Gasteiger partial charge in [-0.15, -0.1) is 0 Å². The van der Waals surface area contributed by atoms with Gasteiger partial charge in [0, 0.05) is 13.7 Å². The number of aromatic nitrogens is 4. The lowest BCUT2D eigenvalue weighted by molar-refractivity contribution is 0.153. The summed E-state index contributed by atoms with van der Waals surface area (Å²) in [6.45, 7) is 7.66. The molecule has 9 heteroatoms. The molecular formula is C21H26N6O3. The van der Waals surface area contributed by atoms with E-state index in [1.807, 2.05) is 55.7 Å². The van der Waals surface area contributed by atoms with Crippen LogP contribution in [0.5, 0.6) is 0 Å². The largest absolute Gasteiger partial charge is 0.380 e. The summed E-state index contributed by atoms with van der Waals surface area (Å²) >= 11 is 0. The van der Waals surface area contributed by atoms with E-state index in [9.17, 15) is 9.59 Å². The van der Waals surface area contributed by atoms with Gasteiger partial charge in [-0.2, -0.15) is 10.1 Å². The monoisotopic (exact) mass is 410 g/mol. The molecule has 3 heterocycles. The van der Waals surface area contributed by atoms with Gasteiger partial charge in [0.2, 0.25) is 5.95 Å². The van der Waals surface area contributed by atoms with Crippen LogP contribution in [-0.4, -0.2) is 44.2 Å². The Hall–Kier alpha value is -3.20. The molecule has 2 aromatic heterocycles. The van der Waals surface area contributed by atoms with Crippen LogP contribution in [0.2, 0.25) is 0 Å². The van der Waals surface area contributed by atoms with Crippen molar-refractivity contribution in [3.05, 3.63) is 56.7 Å². The molecule has 158 valence electrons. The van der Waals surface area contributed by atoms with Gasteiger partial charge in [-0.1, -0.05) is 30.3 Å². The van der Waals surface area contributed by atoms with Gasteiger partial charge in [-0.3, -0.25) is 18.5 Å². The lowest BCUT2D eigenvalue weighted by atomic mass is 10.2. The van der Waals surface area contributed by atoms with Gasteiger partial charge in [0.15, 0.2) is 11.2 Å². The fourth-order valence-corrected chi connectivity index (χ4v) is 3.73. The van der Waals surface area contributed by atoms with E-state index < -0.39 is 5.69 Å². The van der Waals surface area contributed by atoms with Gasteiger partial charge >= 0.3 is 5.69 Å². The second kappa shape index (κ2) is 7.91. The highest BCUT2D eigenvalue weighted by Crippen LogP contribution is 2.29. The van der Waals surface area contributed by atoms with E-state index in [0.29, 0.717) is 36.9 Å². The minimum atomic E-state index is -0.391. The molecule has 0 unspecified atom stereocenters. The van der Waals surface area contributed by atoms with Crippen LogP contribution in [-0.2, 0) is 18.3 Å². The van der Waals surface area contributed by atoms with Crippen LogP contribution in [0, 0.1) is 0 Å². The number of imidazole rings is 1. The molecule has 3 aromatic rings. The second-order valence-electron chi connectivity index (χ2n) is 7.41. The molecule has 0 radical (unpaired) electrons. The number of fused-ring (bicyclic) bond motifs is 3. The van der Waals surface area contributed by atoms with Gasteiger partial charge < -0.3 is 4.74 Å². The first-order valence-corrected chi connectivity index (χ1v) is 10.1. The third kappa shape index (κ3) is 3.24. The van der Waals surface area contributed by atoms with Gasteiger partial charge in [-0.05, 0) is 26.3 Å². The molecule has 0 saturated heterocycles. The lowest BCUT2D eigenvalue weighted by Crippen LogP contribution is -2.40. The van der Waals surface area contributed by atoms with Crippen LogP contribution < -0.4 is 16.3 Å². The molecule has 0 N–H and O–H groups in total. The zero-order valence-corrected chi connectivity index (χ0v) is 17.7. The van der Waals surface area contributed by atoms with Gasteiger partial charge in [-0.25, -0.2) is 9.80 Å². The summed E-state index contributed by atoms with van der Waals surface area (Å²) < 4.78 is 10.1. The number of nitrogens with zero attached hydrogens (tertiary/aromatic N) is 6. The number of benzene rings is 1. The summed E-state index contributed by atoms with van der Waals surface area (Å²) in [6.07, 6.45) is 0. The predicted molar refractivity (Wildman–Crippen MR) is 116 cm³/mol. The molecule has 1 aliphatic rings. The SMILES string of the molecule is CCOCCN1N=C(C)[C@H](C)n2c1nc1c2c(=O)n(Cc2ccccc2)c(=O)n1C. The number of hydrogen-bond acceptors (Lipinski definition) is 6. The Balaban J connectivity index is 1.91. The van der Waals surface area contributed by atoms with Crippen molar-refractivity contribution in [3.8, 4) is 0 Å². The number of anilines is 1. The first-order chi connectivity index (χ1) is 14.4. The van der Waals surface area contributed by atoms with Crippen LogP contribution in [0.3, 0.4) is 0 Å². The fraction of sp³-hybridized carbons (Fsp3) is 0.429. The Kier molecular flexibility index (Phi) is 5.29. The maximum atomic E-state index is 13.5. The third-order valence-corrected chi connectivity index (χ3v) is 5.49. The summed E-state index contributed by atoms with van der Waals surface area (Å²) in [5.41, 5.74) is 1.79. The van der Waals surface area contributed by atoms with Crippen LogP contribution in [0.1, 0.15) is 32.4 Å². The summed E-state index contributed by atoms with van der Waals surface area (Å²) in [5.74, 6) is 0.548. The van der Waals surface area contributed by atoms with E-state index in [2.05, 4.69) is 10.1 Å². The van der Waals surface area contributed by atoms with E-state index >= 15 is 0 Å². The van der Waals surface area contributed by atoms with Crippen molar-refractivity contribution in [3.63, 3.8) is 0 Å². The first kappa shape index (κ1) is 20.1. The zero-order valence-electron chi connectivity index (χ0n) is 17.7. The highest BCUT2D eigenvalue weighted by Gasteiger charge is 2.30. The number of aryl methyl sites for hydroxylation is 1. The minimum Gasteiger partial charge on any atom is -0.380 e. The molecule has 0 amide bonds. The van der Waals surface area contributed by atoms with Crippen LogP contribution in [0.15, 0.2) is 45.0 Å². The van der Waals surface area contributed by atoms with Crippen LogP contribution in [0.25, 0.3) is 11.2 Å². The summed E-state index contributed by atoms with van der Waals surface area (Å²) in [4.78, 5) is 31.1. The zero-order chi connectivity index (χ0) is 21.4. The summed E-state index contributed by atoms with van der Waals surface area (Å²) in [5, 5.41) is 6.38. The van der Waals surface area contributed by atoms with Crippen molar-refractivity contribution in [1.82, 2.24) is 18.7 Å². The Morgan fingerprint density at radius 1 is 1.17 bits per heavy atom. The van der Waals surface area contributed by atoms with Crippen molar-refractivity contribution in [2.24, 2.45) is 12.1 Å². The van der Waals surface area contributed by atoms with Gasteiger partial charge in [0.25, 0.3) is 5.56 Å². The number of hydrazone groups is 1. The van der Waals surface area contributed by atoms with Crippen molar-refractivity contribution >= 4 is 22.8 Å². The Bertz CT molecular complexity index is 1220. The fourth-order valence-electron chi connectivity index (χ4n) is 3.73. The van der Waals surface area contributed by atoms with Gasteiger partial charge in [0.1, 0.15) is 0 Å². The van der Waals surface area contributed by atoms with E-state index in [0.717, 1.165) is 11.3 Å². The molecule has 1 atom stereocenters. The van der Waals surface area contributed by atoms with Gasteiger partial charge in [0.05, 0.1) is 31.4 Å². The summed E-state index contributed by atoms with van der Waals surface area (Å²) in [6, 6.07) is 9.34. The minimum absolute atomic E-state index is 0.149. The molecule has 0 saturated carbocycles. The molecule has 1 aromatic carbocycles. The van der Waals surface area contributed by atoms with Crippen molar-refractivity contribution < 1.29 is 4.74 Å². The first-order valence-electron chi connectivity index (χ1n) is 10.1. The van der Waals surface area contributed by atoms with E-state index in [1.54, 1.807) is 12.1 Å². The van der Waals surface area contributed by atoms with Crippen molar-refractivity contribution in [2.45, 2.75) is 33.4 Å². The summed E-state index contributed by atoms with van der Waals surface area (Å²) in [7, 11) is 1.65. The van der Waals surface area contributed by atoms with E-state index in [4.69, 9.17) is 4.74 Å². The molecule has 4 rings (SSSR count). The predicted octanol–water partition coefficient (Wildman–Crippen LogP) is 1.74. The molecule has 30 heavy (non-hydrogen) atoms.